The van der Waals surface area contributed by atoms with Crippen LogP contribution in [0.4, 0.5) is 0 Å². The highest BCUT2D eigenvalue weighted by Crippen LogP contribution is 2.35. The first kappa shape index (κ1) is 24.0. The number of amides is 1. The number of carbonyl (C=O) groups is 1. The minimum atomic E-state index is -3.61. The van der Waals surface area contributed by atoms with E-state index in [1.165, 1.54) is 39.9 Å². The Bertz CT molecular complexity index is 1430. The second kappa shape index (κ2) is 10.0. The Hall–Kier alpha value is -3.13. The van der Waals surface area contributed by atoms with Gasteiger partial charge < -0.3 is 14.0 Å². The van der Waals surface area contributed by atoms with E-state index in [2.05, 4.69) is 10.9 Å². The summed E-state index contributed by atoms with van der Waals surface area (Å²) < 4.78 is 40.7. The largest absolute Gasteiger partial charge is 0.486 e. The van der Waals surface area contributed by atoms with Crippen LogP contribution in [0.1, 0.15) is 30.1 Å². The Morgan fingerprint density at radius 1 is 1.21 bits per heavy atom. The first-order chi connectivity index (χ1) is 16.3. The first-order valence-electron chi connectivity index (χ1n) is 10.9. The van der Waals surface area contributed by atoms with Gasteiger partial charge >= 0.3 is 0 Å². The molecule has 0 saturated carbocycles. The minimum Gasteiger partial charge on any atom is -0.486 e. The van der Waals surface area contributed by atoms with Crippen LogP contribution in [0, 0.1) is 12.3 Å². The Kier molecular flexibility index (Phi) is 7.07. The summed E-state index contributed by atoms with van der Waals surface area (Å²) in [6.45, 7) is 3.62. The Labute approximate surface area is 202 Å². The van der Waals surface area contributed by atoms with Gasteiger partial charge in [-0.05, 0) is 30.7 Å². The maximum Gasteiger partial charge on any atom is 0.279 e. The van der Waals surface area contributed by atoms with Crippen LogP contribution in [-0.4, -0.2) is 50.0 Å². The number of hydrogen-bond donors (Lipinski definition) is 0. The number of terminal acetylenes is 1. The minimum absolute atomic E-state index is 0.137. The van der Waals surface area contributed by atoms with E-state index in [1.807, 2.05) is 19.1 Å². The van der Waals surface area contributed by atoms with E-state index >= 15 is 0 Å². The van der Waals surface area contributed by atoms with Crippen LogP contribution in [0.2, 0.25) is 0 Å². The van der Waals surface area contributed by atoms with E-state index in [0.717, 1.165) is 23.1 Å². The summed E-state index contributed by atoms with van der Waals surface area (Å²) in [7, 11) is -2.05. The lowest BCUT2D eigenvalue weighted by molar-refractivity contribution is 0.0998. The molecule has 0 spiro atoms. The number of unbranched alkanes of at least 4 members (excludes halogenated alkanes) is 1. The van der Waals surface area contributed by atoms with Gasteiger partial charge in [0.15, 0.2) is 16.3 Å². The Balaban J connectivity index is 1.67. The summed E-state index contributed by atoms with van der Waals surface area (Å²) in [6.07, 6.45) is 7.24. The molecule has 2 heterocycles. The Morgan fingerprint density at radius 3 is 2.53 bits per heavy atom. The van der Waals surface area contributed by atoms with E-state index in [1.54, 1.807) is 11.6 Å². The van der Waals surface area contributed by atoms with Gasteiger partial charge in [0, 0.05) is 31.3 Å². The van der Waals surface area contributed by atoms with Crippen LogP contribution in [0.3, 0.4) is 0 Å². The van der Waals surface area contributed by atoms with Gasteiger partial charge in [-0.2, -0.15) is 4.99 Å². The highest BCUT2D eigenvalue weighted by molar-refractivity contribution is 7.89. The van der Waals surface area contributed by atoms with Gasteiger partial charge in [0.1, 0.15) is 13.2 Å². The molecule has 4 rings (SSSR count). The zero-order valence-electron chi connectivity index (χ0n) is 19.0. The number of nitrogens with zero attached hydrogens (tertiary/aromatic N) is 3. The highest BCUT2D eigenvalue weighted by atomic mass is 32.2. The maximum atomic E-state index is 12.9. The molecule has 2 aromatic carbocycles. The number of rotatable bonds is 7. The summed E-state index contributed by atoms with van der Waals surface area (Å²) in [5.41, 5.74) is 1.08. The van der Waals surface area contributed by atoms with Crippen molar-refractivity contribution in [1.29, 1.82) is 0 Å². The van der Waals surface area contributed by atoms with Crippen LogP contribution >= 0.6 is 11.3 Å². The molecule has 0 unspecified atom stereocenters. The predicted molar refractivity (Wildman–Crippen MR) is 131 cm³/mol. The molecule has 0 atom stereocenters. The number of fused-ring (bicyclic) bond motifs is 2. The molecule has 178 valence electrons. The molecule has 1 aliphatic heterocycles. The van der Waals surface area contributed by atoms with E-state index < -0.39 is 15.9 Å². The fourth-order valence-electron chi connectivity index (χ4n) is 3.54. The fraction of sp³-hybridized carbons (Fsp3) is 0.333. The average molecular weight is 500 g/mol. The summed E-state index contributed by atoms with van der Waals surface area (Å²) >= 11 is 1.32. The van der Waals surface area contributed by atoms with Crippen molar-refractivity contribution in [2.75, 3.05) is 26.8 Å². The molecule has 0 bridgehead atoms. The van der Waals surface area contributed by atoms with E-state index in [4.69, 9.17) is 15.9 Å². The predicted octanol–water partition coefficient (Wildman–Crippen LogP) is 3.27. The van der Waals surface area contributed by atoms with Gasteiger partial charge in [-0.3, -0.25) is 4.79 Å². The molecule has 0 radical (unpaired) electrons. The number of sulfonamides is 1. The average Bonchev–Trinajstić information content (AvgIpc) is 3.16. The van der Waals surface area contributed by atoms with Crippen molar-refractivity contribution in [3.63, 3.8) is 0 Å². The molecule has 8 nitrogen and oxygen atoms in total. The lowest BCUT2D eigenvalue weighted by Gasteiger charge is -2.18. The zero-order chi connectivity index (χ0) is 24.3. The summed E-state index contributed by atoms with van der Waals surface area (Å²) in [6, 6.07) is 9.53. The molecule has 10 heteroatoms. The quantitative estimate of drug-likeness (QED) is 0.466. The van der Waals surface area contributed by atoms with Crippen LogP contribution in [0.5, 0.6) is 11.5 Å². The standard InChI is InChI=1S/C24H25N3O5S2/c1-4-6-12-26(3)34(29,30)18-9-7-17(8-10-18)23(28)25-24-27(11-5-2)19-15-20-21(16-22(19)33-24)32-14-13-31-20/h2,7-10,15-16H,4,6,11-14H2,1,3H3. The summed E-state index contributed by atoms with van der Waals surface area (Å²) in [5, 5.41) is 0. The normalized spacial score (nSPS) is 13.9. The molecule has 3 aromatic rings. The molecule has 0 N–H and O–H groups in total. The molecule has 0 aliphatic carbocycles. The van der Waals surface area contributed by atoms with Crippen molar-refractivity contribution in [2.45, 2.75) is 31.2 Å². The number of ether oxygens (including phenoxy) is 2. The van der Waals surface area contributed by atoms with Gasteiger partial charge in [0.25, 0.3) is 5.91 Å². The molecular formula is C24H25N3O5S2. The van der Waals surface area contributed by atoms with E-state index in [0.29, 0.717) is 36.1 Å². The van der Waals surface area contributed by atoms with Crippen molar-refractivity contribution in [3.05, 3.63) is 46.8 Å². The lowest BCUT2D eigenvalue weighted by atomic mass is 10.2. The second-order valence-electron chi connectivity index (χ2n) is 7.76. The van der Waals surface area contributed by atoms with Crippen LogP contribution in [0.15, 0.2) is 46.3 Å². The second-order valence-corrected chi connectivity index (χ2v) is 10.8. The van der Waals surface area contributed by atoms with Gasteiger partial charge in [-0.25, -0.2) is 12.7 Å². The molecule has 34 heavy (non-hydrogen) atoms. The van der Waals surface area contributed by atoms with Crippen molar-refractivity contribution in [2.24, 2.45) is 4.99 Å². The topological polar surface area (TPSA) is 90.2 Å². The third kappa shape index (κ3) is 4.73. The molecule has 0 fully saturated rings. The fourth-order valence-corrected chi connectivity index (χ4v) is 5.79. The van der Waals surface area contributed by atoms with Crippen molar-refractivity contribution in [1.82, 2.24) is 8.87 Å². The van der Waals surface area contributed by atoms with Crippen LogP contribution in [-0.2, 0) is 16.6 Å². The SMILES string of the molecule is C#CCn1c(=NC(=O)c2ccc(S(=O)(=O)N(C)CCCC)cc2)sc2cc3c(cc21)OCCO3. The lowest BCUT2D eigenvalue weighted by Crippen LogP contribution is -2.27. The van der Waals surface area contributed by atoms with Gasteiger partial charge in [-0.1, -0.05) is 30.6 Å². The molecule has 1 amide bonds. The van der Waals surface area contributed by atoms with Gasteiger partial charge in [-0.15, -0.1) is 6.42 Å². The van der Waals surface area contributed by atoms with E-state index in [-0.39, 0.29) is 17.0 Å². The number of aromatic nitrogens is 1. The van der Waals surface area contributed by atoms with Crippen LogP contribution in [0.25, 0.3) is 10.2 Å². The molecular weight excluding hydrogens is 474 g/mol. The van der Waals surface area contributed by atoms with Gasteiger partial charge in [0.2, 0.25) is 10.0 Å². The molecule has 1 aliphatic rings. The molecule has 0 saturated heterocycles. The van der Waals surface area contributed by atoms with Crippen molar-refractivity contribution < 1.29 is 22.7 Å². The number of benzene rings is 2. The van der Waals surface area contributed by atoms with Crippen molar-refractivity contribution in [3.8, 4) is 23.8 Å². The highest BCUT2D eigenvalue weighted by Gasteiger charge is 2.21. The number of hydrogen-bond acceptors (Lipinski definition) is 6. The first-order valence-corrected chi connectivity index (χ1v) is 13.1. The summed E-state index contributed by atoms with van der Waals surface area (Å²) in [5.74, 6) is 3.38. The number of carbonyl (C=O) groups excluding carboxylic acids is 1. The third-order valence-electron chi connectivity index (χ3n) is 5.43. The zero-order valence-corrected chi connectivity index (χ0v) is 20.6. The molecule has 1 aromatic heterocycles. The summed E-state index contributed by atoms with van der Waals surface area (Å²) in [4.78, 5) is 17.8. The number of thiazole rings is 1. The monoisotopic (exact) mass is 499 g/mol. The van der Waals surface area contributed by atoms with Gasteiger partial charge in [0.05, 0.1) is 21.7 Å². The Morgan fingerprint density at radius 2 is 1.88 bits per heavy atom. The van der Waals surface area contributed by atoms with Crippen molar-refractivity contribution >= 4 is 37.5 Å². The third-order valence-corrected chi connectivity index (χ3v) is 8.34. The smallest absolute Gasteiger partial charge is 0.279 e. The maximum absolute atomic E-state index is 12.9. The van der Waals surface area contributed by atoms with E-state index in [9.17, 15) is 13.2 Å². The van der Waals surface area contributed by atoms with Crippen LogP contribution < -0.4 is 14.3 Å².